The molecule has 0 bridgehead atoms. The van der Waals surface area contributed by atoms with Gasteiger partial charge in [-0.05, 0) is 48.4 Å². The summed E-state index contributed by atoms with van der Waals surface area (Å²) in [6, 6.07) is 13.1. The van der Waals surface area contributed by atoms with Crippen LogP contribution in [0.25, 0.3) is 0 Å². The summed E-state index contributed by atoms with van der Waals surface area (Å²) in [6.45, 7) is 12.6. The molecule has 0 aliphatic heterocycles. The molecule has 0 radical (unpaired) electrons. The number of benzene rings is 2. The first-order valence-corrected chi connectivity index (χ1v) is 11.4. The van der Waals surface area contributed by atoms with E-state index in [0.29, 0.717) is 24.3 Å². The van der Waals surface area contributed by atoms with Gasteiger partial charge >= 0.3 is 11.9 Å². The molecule has 0 N–H and O–H groups in total. The van der Waals surface area contributed by atoms with Crippen LogP contribution in [-0.2, 0) is 9.53 Å². The van der Waals surface area contributed by atoms with E-state index in [1.54, 1.807) is 12.1 Å². The first kappa shape index (κ1) is 24.6. The molecule has 2 rings (SSSR count). The molecule has 168 valence electrons. The van der Waals surface area contributed by atoms with Crippen molar-refractivity contribution in [2.24, 2.45) is 0 Å². The Morgan fingerprint density at radius 1 is 0.903 bits per heavy atom. The van der Waals surface area contributed by atoms with Crippen molar-refractivity contribution in [2.75, 3.05) is 6.61 Å². The van der Waals surface area contributed by atoms with Crippen LogP contribution in [0.3, 0.4) is 0 Å². The van der Waals surface area contributed by atoms with Gasteiger partial charge in [0.2, 0.25) is 0 Å². The molecule has 0 saturated carbocycles. The van der Waals surface area contributed by atoms with Gasteiger partial charge in [-0.3, -0.25) is 4.79 Å². The lowest BCUT2D eigenvalue weighted by Crippen LogP contribution is -2.20. The number of carbonyl (C=O) groups is 2. The van der Waals surface area contributed by atoms with Crippen LogP contribution >= 0.6 is 0 Å². The lowest BCUT2D eigenvalue weighted by atomic mass is 9.85. The van der Waals surface area contributed by atoms with Crippen molar-refractivity contribution in [1.82, 2.24) is 0 Å². The average molecular weight is 425 g/mol. The summed E-state index contributed by atoms with van der Waals surface area (Å²) in [5.74, 6) is -0.228. The van der Waals surface area contributed by atoms with Crippen LogP contribution in [0.4, 0.5) is 0 Å². The lowest BCUT2D eigenvalue weighted by Gasteiger charge is -2.24. The van der Waals surface area contributed by atoms with Crippen LogP contribution in [0.1, 0.15) is 106 Å². The molecule has 0 aliphatic carbocycles. The predicted molar refractivity (Wildman–Crippen MR) is 125 cm³/mol. The zero-order valence-corrected chi connectivity index (χ0v) is 19.7. The van der Waals surface area contributed by atoms with Crippen LogP contribution in [0.2, 0.25) is 0 Å². The number of ether oxygens (including phenoxy) is 2. The topological polar surface area (TPSA) is 52.6 Å². The van der Waals surface area contributed by atoms with E-state index in [1.165, 1.54) is 0 Å². The highest BCUT2D eigenvalue weighted by Gasteiger charge is 2.29. The summed E-state index contributed by atoms with van der Waals surface area (Å²) in [7, 11) is 0. The molecule has 2 aromatic carbocycles. The molecular weight excluding hydrogens is 388 g/mol. The molecule has 2 aromatic rings. The Kier molecular flexibility index (Phi) is 9.29. The highest BCUT2D eigenvalue weighted by atomic mass is 16.5. The van der Waals surface area contributed by atoms with Crippen molar-refractivity contribution < 1.29 is 19.1 Å². The van der Waals surface area contributed by atoms with Crippen molar-refractivity contribution in [3.63, 3.8) is 0 Å². The van der Waals surface area contributed by atoms with Gasteiger partial charge in [-0.15, -0.1) is 0 Å². The van der Waals surface area contributed by atoms with Crippen molar-refractivity contribution in [2.45, 2.75) is 78.6 Å². The maximum atomic E-state index is 13.0. The summed E-state index contributed by atoms with van der Waals surface area (Å²) in [4.78, 5) is 25.9. The van der Waals surface area contributed by atoms with E-state index in [1.807, 2.05) is 31.2 Å². The Morgan fingerprint density at radius 2 is 1.55 bits per heavy atom. The van der Waals surface area contributed by atoms with Crippen molar-refractivity contribution >= 4 is 11.9 Å². The number of rotatable bonds is 10. The fraction of sp³-hybridized carbons (Fsp3) is 0.481. The normalized spacial score (nSPS) is 12.1. The number of hydrogen-bond acceptors (Lipinski definition) is 4. The Balaban J connectivity index is 2.66. The first-order chi connectivity index (χ1) is 14.8. The smallest absolute Gasteiger partial charge is 0.343 e. The molecule has 0 spiro atoms. The second kappa shape index (κ2) is 11.7. The Hall–Kier alpha value is -2.62. The molecule has 4 heteroatoms. The van der Waals surface area contributed by atoms with E-state index in [9.17, 15) is 9.59 Å². The van der Waals surface area contributed by atoms with Gasteiger partial charge < -0.3 is 9.47 Å². The summed E-state index contributed by atoms with van der Waals surface area (Å²) in [5.41, 5.74) is 3.31. The molecule has 0 saturated heterocycles. The largest absolute Gasteiger partial charge is 0.466 e. The third-order valence-electron chi connectivity index (χ3n) is 5.45. The summed E-state index contributed by atoms with van der Waals surface area (Å²) in [6.07, 6.45) is 2.51. The van der Waals surface area contributed by atoms with E-state index in [4.69, 9.17) is 9.47 Å². The minimum absolute atomic E-state index is 0.130. The monoisotopic (exact) mass is 424 g/mol. The molecule has 4 nitrogen and oxygen atoms in total. The molecular formula is C27H36O4. The molecule has 1 unspecified atom stereocenters. The molecule has 0 heterocycles. The van der Waals surface area contributed by atoms with Crippen LogP contribution in [0.5, 0.6) is 5.75 Å². The number of hydrogen-bond donors (Lipinski definition) is 0. The molecule has 0 amide bonds. The zero-order valence-electron chi connectivity index (χ0n) is 19.7. The third kappa shape index (κ3) is 6.43. The summed E-state index contributed by atoms with van der Waals surface area (Å²) in [5, 5.41) is 0. The Bertz CT molecular complexity index is 868. The molecule has 31 heavy (non-hydrogen) atoms. The molecule has 0 aromatic heterocycles. The van der Waals surface area contributed by atoms with Crippen LogP contribution < -0.4 is 4.74 Å². The second-order valence-electron chi connectivity index (χ2n) is 8.54. The fourth-order valence-electron chi connectivity index (χ4n) is 3.61. The first-order valence-electron chi connectivity index (χ1n) is 11.4. The van der Waals surface area contributed by atoms with E-state index < -0.39 is 11.9 Å². The maximum Gasteiger partial charge on any atom is 0.343 e. The Labute approximate surface area is 187 Å². The molecule has 0 aliphatic rings. The maximum absolute atomic E-state index is 13.0. The zero-order chi connectivity index (χ0) is 23.0. The number of unbranched alkanes of at least 4 members (excludes halogenated alkanes) is 1. The van der Waals surface area contributed by atoms with Gasteiger partial charge in [-0.25, -0.2) is 4.79 Å². The van der Waals surface area contributed by atoms with Crippen molar-refractivity contribution in [3.8, 4) is 5.75 Å². The van der Waals surface area contributed by atoms with E-state index in [2.05, 4.69) is 40.7 Å². The van der Waals surface area contributed by atoms with Gasteiger partial charge in [0.1, 0.15) is 5.75 Å². The fourth-order valence-corrected chi connectivity index (χ4v) is 3.61. The second-order valence-corrected chi connectivity index (χ2v) is 8.54. The van der Waals surface area contributed by atoms with Crippen LogP contribution in [-0.4, -0.2) is 18.5 Å². The number of carbonyl (C=O) groups excluding carboxylic acids is 2. The number of esters is 2. The van der Waals surface area contributed by atoms with E-state index >= 15 is 0 Å². The highest BCUT2D eigenvalue weighted by molar-refractivity contribution is 5.92. The van der Waals surface area contributed by atoms with Crippen LogP contribution in [0.15, 0.2) is 42.5 Å². The minimum Gasteiger partial charge on any atom is -0.466 e. The SMILES string of the molecule is CCCCC(C(=O)OCC)c1cc(C(C)C)cc(C(C)C)c1OC(=O)c1ccccc1. The molecule has 0 fully saturated rings. The van der Waals surface area contributed by atoms with Crippen LogP contribution in [0, 0.1) is 0 Å². The predicted octanol–water partition coefficient (Wildman–Crippen LogP) is 6.99. The van der Waals surface area contributed by atoms with Gasteiger partial charge in [0, 0.05) is 5.56 Å². The average Bonchev–Trinajstić information content (AvgIpc) is 2.75. The van der Waals surface area contributed by atoms with Gasteiger partial charge in [0.05, 0.1) is 18.1 Å². The quantitative estimate of drug-likeness (QED) is 0.305. The standard InChI is InChI=1S/C27H36O4/c1-7-9-15-22(27(29)30-8-2)24-17-21(18(3)4)16-23(19(5)6)25(24)31-26(28)20-13-11-10-12-14-20/h10-14,16-19,22H,7-9,15H2,1-6H3. The van der Waals surface area contributed by atoms with Gasteiger partial charge in [0.25, 0.3) is 0 Å². The Morgan fingerprint density at radius 3 is 2.10 bits per heavy atom. The van der Waals surface area contributed by atoms with Crippen molar-refractivity contribution in [3.05, 3.63) is 64.7 Å². The van der Waals surface area contributed by atoms with Crippen molar-refractivity contribution in [1.29, 1.82) is 0 Å². The lowest BCUT2D eigenvalue weighted by molar-refractivity contribution is -0.145. The summed E-state index contributed by atoms with van der Waals surface area (Å²) < 4.78 is 11.4. The third-order valence-corrected chi connectivity index (χ3v) is 5.45. The van der Waals surface area contributed by atoms with Gasteiger partial charge in [0.15, 0.2) is 0 Å². The van der Waals surface area contributed by atoms with Gasteiger partial charge in [-0.2, -0.15) is 0 Å². The summed E-state index contributed by atoms with van der Waals surface area (Å²) >= 11 is 0. The molecule has 1 atom stereocenters. The minimum atomic E-state index is -0.463. The van der Waals surface area contributed by atoms with E-state index in [0.717, 1.165) is 29.5 Å². The van der Waals surface area contributed by atoms with E-state index in [-0.39, 0.29) is 17.8 Å². The van der Waals surface area contributed by atoms with Gasteiger partial charge in [-0.1, -0.05) is 77.8 Å². The highest BCUT2D eigenvalue weighted by Crippen LogP contribution is 2.40.